The highest BCUT2D eigenvalue weighted by Crippen LogP contribution is 2.27. The predicted octanol–water partition coefficient (Wildman–Crippen LogP) is 2.80. The van der Waals surface area contributed by atoms with E-state index in [0.29, 0.717) is 30.6 Å². The molecule has 1 aromatic rings. The molecule has 2 atom stereocenters. The number of nitrogens with zero attached hydrogens (tertiary/aromatic N) is 1. The molecule has 1 amide bonds. The Hall–Kier alpha value is -2.19. The number of amides is 1. The van der Waals surface area contributed by atoms with Gasteiger partial charge in [-0.3, -0.25) is 4.79 Å². The molecule has 1 aliphatic heterocycles. The number of carbonyl (C=O) groups excluding carboxylic acids is 2. The van der Waals surface area contributed by atoms with Gasteiger partial charge in [-0.05, 0) is 56.4 Å². The first-order valence-corrected chi connectivity index (χ1v) is 10.7. The number of piperidine rings is 1. The molecule has 7 nitrogen and oxygen atoms in total. The smallest absolute Gasteiger partial charge is 0.331 e. The van der Waals surface area contributed by atoms with Gasteiger partial charge in [-0.2, -0.15) is 4.31 Å². The topological polar surface area (TPSA) is 92.8 Å². The number of anilines is 1. The van der Waals surface area contributed by atoms with E-state index < -0.39 is 28.5 Å². The highest BCUT2D eigenvalue weighted by Gasteiger charge is 2.31. The van der Waals surface area contributed by atoms with Gasteiger partial charge in [0, 0.05) is 24.9 Å². The van der Waals surface area contributed by atoms with Gasteiger partial charge in [0.2, 0.25) is 10.0 Å². The molecule has 0 bridgehead atoms. The SMILES string of the molecule is CC(C)=CC(=O)OCC(=O)Nc1ccc(S(=O)(=O)N2C[C@H](C)C[C@@H](C)C2)cc1. The minimum atomic E-state index is -3.56. The third-order valence-electron chi connectivity index (χ3n) is 4.36. The number of rotatable bonds is 6. The number of allylic oxidation sites excluding steroid dienone is 1. The Morgan fingerprint density at radius 1 is 1.14 bits per heavy atom. The van der Waals surface area contributed by atoms with Gasteiger partial charge >= 0.3 is 5.97 Å². The van der Waals surface area contributed by atoms with Gasteiger partial charge in [-0.15, -0.1) is 0 Å². The highest BCUT2D eigenvalue weighted by molar-refractivity contribution is 7.89. The summed E-state index contributed by atoms with van der Waals surface area (Å²) in [5, 5.41) is 2.58. The maximum absolute atomic E-state index is 12.9. The fraction of sp³-hybridized carbons (Fsp3) is 0.500. The van der Waals surface area contributed by atoms with Crippen LogP contribution < -0.4 is 5.32 Å². The Bertz CT molecular complexity index is 832. The zero-order valence-electron chi connectivity index (χ0n) is 16.8. The fourth-order valence-electron chi connectivity index (χ4n) is 3.27. The monoisotopic (exact) mass is 408 g/mol. The number of sulfonamides is 1. The van der Waals surface area contributed by atoms with Crippen LogP contribution in [0.4, 0.5) is 5.69 Å². The van der Waals surface area contributed by atoms with Crippen LogP contribution in [-0.4, -0.2) is 44.3 Å². The molecule has 28 heavy (non-hydrogen) atoms. The second kappa shape index (κ2) is 9.34. The van der Waals surface area contributed by atoms with E-state index in [1.54, 1.807) is 13.8 Å². The van der Waals surface area contributed by atoms with Gasteiger partial charge in [0.05, 0.1) is 4.90 Å². The van der Waals surface area contributed by atoms with Crippen LogP contribution in [0.3, 0.4) is 0 Å². The van der Waals surface area contributed by atoms with E-state index in [1.807, 2.05) is 0 Å². The molecule has 1 saturated heterocycles. The van der Waals surface area contributed by atoms with Crippen LogP contribution in [0.1, 0.15) is 34.1 Å². The van der Waals surface area contributed by atoms with Crippen LogP contribution in [0.25, 0.3) is 0 Å². The summed E-state index contributed by atoms with van der Waals surface area (Å²) in [4.78, 5) is 23.5. The van der Waals surface area contributed by atoms with Crippen LogP contribution in [-0.2, 0) is 24.3 Å². The van der Waals surface area contributed by atoms with Gasteiger partial charge in [-0.1, -0.05) is 19.4 Å². The Balaban J connectivity index is 1.98. The van der Waals surface area contributed by atoms with Crippen LogP contribution in [0.15, 0.2) is 40.8 Å². The summed E-state index contributed by atoms with van der Waals surface area (Å²) >= 11 is 0. The molecular formula is C20H28N2O5S. The van der Waals surface area contributed by atoms with Gasteiger partial charge in [-0.25, -0.2) is 13.2 Å². The minimum absolute atomic E-state index is 0.196. The lowest BCUT2D eigenvalue weighted by atomic mass is 9.94. The first kappa shape index (κ1) is 22.1. The molecule has 0 aliphatic carbocycles. The number of nitrogens with one attached hydrogen (secondary N) is 1. The predicted molar refractivity (Wildman–Crippen MR) is 107 cm³/mol. The van der Waals surface area contributed by atoms with Crippen molar-refractivity contribution >= 4 is 27.6 Å². The van der Waals surface area contributed by atoms with Crippen molar-refractivity contribution in [2.24, 2.45) is 11.8 Å². The molecule has 0 aromatic heterocycles. The van der Waals surface area contributed by atoms with Gasteiger partial charge in [0.1, 0.15) is 0 Å². The van der Waals surface area contributed by atoms with E-state index in [9.17, 15) is 18.0 Å². The largest absolute Gasteiger partial charge is 0.452 e. The van der Waals surface area contributed by atoms with Gasteiger partial charge < -0.3 is 10.1 Å². The van der Waals surface area contributed by atoms with Crippen LogP contribution in [0.5, 0.6) is 0 Å². The molecule has 2 rings (SSSR count). The summed E-state index contributed by atoms with van der Waals surface area (Å²) in [6.07, 6.45) is 2.32. The van der Waals surface area contributed by atoms with Crippen molar-refractivity contribution in [1.82, 2.24) is 4.31 Å². The van der Waals surface area contributed by atoms with E-state index in [1.165, 1.54) is 34.6 Å². The molecular weight excluding hydrogens is 380 g/mol. The lowest BCUT2D eigenvalue weighted by Gasteiger charge is -2.34. The summed E-state index contributed by atoms with van der Waals surface area (Å²) in [6, 6.07) is 6.01. The van der Waals surface area contributed by atoms with Crippen molar-refractivity contribution in [3.63, 3.8) is 0 Å². The third kappa shape index (κ3) is 6.17. The maximum atomic E-state index is 12.9. The second-order valence-corrected chi connectivity index (χ2v) is 9.61. The molecule has 1 N–H and O–H groups in total. The first-order valence-electron chi connectivity index (χ1n) is 9.29. The summed E-state index contributed by atoms with van der Waals surface area (Å²) in [5.41, 5.74) is 1.21. The number of ether oxygens (including phenoxy) is 1. The van der Waals surface area contributed by atoms with Crippen LogP contribution >= 0.6 is 0 Å². The van der Waals surface area contributed by atoms with E-state index in [0.717, 1.165) is 12.0 Å². The van der Waals surface area contributed by atoms with Crippen molar-refractivity contribution in [3.05, 3.63) is 35.9 Å². The van der Waals surface area contributed by atoms with Crippen molar-refractivity contribution in [2.75, 3.05) is 25.0 Å². The Morgan fingerprint density at radius 2 is 1.71 bits per heavy atom. The Morgan fingerprint density at radius 3 is 2.25 bits per heavy atom. The van der Waals surface area contributed by atoms with Crippen molar-refractivity contribution in [1.29, 1.82) is 0 Å². The molecule has 0 spiro atoms. The normalized spacial score (nSPS) is 20.3. The van der Waals surface area contributed by atoms with Crippen molar-refractivity contribution < 1.29 is 22.7 Å². The summed E-state index contributed by atoms with van der Waals surface area (Å²) < 4.78 is 32.1. The number of hydrogen-bond acceptors (Lipinski definition) is 5. The quantitative estimate of drug-likeness (QED) is 0.577. The first-order chi connectivity index (χ1) is 13.1. The maximum Gasteiger partial charge on any atom is 0.331 e. The average molecular weight is 409 g/mol. The summed E-state index contributed by atoms with van der Waals surface area (Å²) in [7, 11) is -3.56. The zero-order valence-corrected chi connectivity index (χ0v) is 17.6. The molecule has 1 heterocycles. The number of esters is 1. The van der Waals surface area contributed by atoms with Crippen molar-refractivity contribution in [3.8, 4) is 0 Å². The second-order valence-electron chi connectivity index (χ2n) is 7.67. The van der Waals surface area contributed by atoms with Gasteiger partial charge in [0.15, 0.2) is 6.61 Å². The fourth-order valence-corrected chi connectivity index (χ4v) is 4.95. The minimum Gasteiger partial charge on any atom is -0.452 e. The molecule has 1 aromatic carbocycles. The number of benzene rings is 1. The lowest BCUT2D eigenvalue weighted by molar-refractivity contribution is -0.142. The van der Waals surface area contributed by atoms with E-state index in [2.05, 4.69) is 19.2 Å². The van der Waals surface area contributed by atoms with Crippen LogP contribution in [0.2, 0.25) is 0 Å². The molecule has 1 fully saturated rings. The summed E-state index contributed by atoms with van der Waals surface area (Å²) in [5.74, 6) is -0.427. The molecule has 154 valence electrons. The number of carbonyl (C=O) groups is 2. The van der Waals surface area contributed by atoms with Crippen molar-refractivity contribution in [2.45, 2.75) is 39.0 Å². The highest BCUT2D eigenvalue weighted by atomic mass is 32.2. The molecule has 8 heteroatoms. The molecule has 0 radical (unpaired) electrons. The average Bonchev–Trinajstić information content (AvgIpc) is 2.59. The van der Waals surface area contributed by atoms with E-state index in [-0.39, 0.29) is 4.90 Å². The molecule has 1 aliphatic rings. The zero-order chi connectivity index (χ0) is 20.9. The molecule has 0 saturated carbocycles. The summed E-state index contributed by atoms with van der Waals surface area (Å²) in [6.45, 7) is 8.24. The van der Waals surface area contributed by atoms with Gasteiger partial charge in [0.25, 0.3) is 5.91 Å². The standard InChI is InChI=1S/C20H28N2O5S/c1-14(2)9-20(24)27-13-19(23)21-17-5-7-18(8-6-17)28(25,26)22-11-15(3)10-16(4)12-22/h5-9,15-16H,10-13H2,1-4H3,(H,21,23)/t15-,16-/m1/s1. The third-order valence-corrected chi connectivity index (χ3v) is 6.21. The number of hydrogen-bond donors (Lipinski definition) is 1. The Labute approximate surface area is 166 Å². The van der Waals surface area contributed by atoms with E-state index >= 15 is 0 Å². The van der Waals surface area contributed by atoms with Crippen LogP contribution in [0, 0.1) is 11.8 Å². The lowest BCUT2D eigenvalue weighted by Crippen LogP contribution is -2.42. The Kier molecular flexibility index (Phi) is 7.37. The molecule has 0 unspecified atom stereocenters. The van der Waals surface area contributed by atoms with E-state index in [4.69, 9.17) is 4.74 Å².